The molecule has 0 spiro atoms. The maximum atomic E-state index is 5.55. The van der Waals surface area contributed by atoms with E-state index in [2.05, 4.69) is 69.2 Å². The molecule has 3 rings (SSSR count). The van der Waals surface area contributed by atoms with Crippen LogP contribution in [0.25, 0.3) is 0 Å². The van der Waals surface area contributed by atoms with Crippen molar-refractivity contribution in [3.8, 4) is 5.75 Å². The van der Waals surface area contributed by atoms with Crippen LogP contribution in [-0.4, -0.2) is 83.4 Å². The van der Waals surface area contributed by atoms with Crippen LogP contribution in [-0.2, 0) is 4.74 Å². The van der Waals surface area contributed by atoms with Gasteiger partial charge < -0.3 is 25.0 Å². The molecular weight excluding hydrogens is 410 g/mol. The average Bonchev–Trinajstić information content (AvgIpc) is 3.33. The minimum absolute atomic E-state index is 0.195. The molecule has 2 N–H and O–H groups in total. The van der Waals surface area contributed by atoms with Crippen molar-refractivity contribution >= 4 is 17.3 Å². The molecule has 31 heavy (non-hydrogen) atoms. The van der Waals surface area contributed by atoms with Gasteiger partial charge in [-0.1, -0.05) is 18.2 Å². The molecule has 0 bridgehead atoms. The highest BCUT2D eigenvalue weighted by Crippen LogP contribution is 2.25. The first kappa shape index (κ1) is 23.5. The van der Waals surface area contributed by atoms with E-state index in [0.29, 0.717) is 6.04 Å². The average molecular weight is 446 g/mol. The second-order valence-corrected chi connectivity index (χ2v) is 8.75. The van der Waals surface area contributed by atoms with E-state index in [1.165, 1.54) is 10.4 Å². The number of guanidine groups is 1. The lowest BCUT2D eigenvalue weighted by atomic mass is 10.1. The second-order valence-electron chi connectivity index (χ2n) is 7.77. The predicted octanol–water partition coefficient (Wildman–Crippen LogP) is 2.60. The standard InChI is InChI=1S/C23H35N5O2S/c1-24-23(25-16-20(27(2)3)18-7-5-8-19(15-18)29-4)26-17-21(22-9-6-14-31-22)28-10-12-30-13-11-28/h5-9,14-15,20-21H,10-13,16-17H2,1-4H3,(H2,24,25,26). The number of likely N-dealkylation sites (N-methyl/N-ethyl adjacent to an activating group) is 1. The molecule has 8 heteroatoms. The third-order valence-electron chi connectivity index (χ3n) is 5.61. The number of nitrogens with zero attached hydrogens (tertiary/aromatic N) is 3. The van der Waals surface area contributed by atoms with Gasteiger partial charge in [-0.15, -0.1) is 11.3 Å². The van der Waals surface area contributed by atoms with Gasteiger partial charge in [0.2, 0.25) is 0 Å². The Balaban J connectivity index is 1.61. The van der Waals surface area contributed by atoms with Crippen LogP contribution in [0.4, 0.5) is 0 Å². The maximum absolute atomic E-state index is 5.55. The minimum Gasteiger partial charge on any atom is -0.497 e. The van der Waals surface area contributed by atoms with Crippen molar-refractivity contribution < 1.29 is 9.47 Å². The van der Waals surface area contributed by atoms with Gasteiger partial charge >= 0.3 is 0 Å². The SMILES string of the molecule is CN=C(NCC(c1cccc(OC)c1)N(C)C)NCC(c1cccs1)N1CCOCC1. The minimum atomic E-state index is 0.195. The first-order valence-electron chi connectivity index (χ1n) is 10.7. The van der Waals surface area contributed by atoms with Gasteiger partial charge in [0, 0.05) is 38.1 Å². The van der Waals surface area contributed by atoms with Crippen LogP contribution >= 0.6 is 11.3 Å². The Morgan fingerprint density at radius 2 is 1.97 bits per heavy atom. The Kier molecular flexibility index (Phi) is 9.14. The molecule has 1 aromatic carbocycles. The zero-order valence-electron chi connectivity index (χ0n) is 19.0. The van der Waals surface area contributed by atoms with Crippen molar-refractivity contribution in [1.82, 2.24) is 20.4 Å². The molecule has 1 saturated heterocycles. The van der Waals surface area contributed by atoms with Crippen LogP contribution in [0.3, 0.4) is 0 Å². The molecule has 1 fully saturated rings. The van der Waals surface area contributed by atoms with E-state index in [4.69, 9.17) is 9.47 Å². The summed E-state index contributed by atoms with van der Waals surface area (Å²) in [4.78, 5) is 10.5. The molecule has 2 atom stereocenters. The van der Waals surface area contributed by atoms with Gasteiger partial charge in [0.25, 0.3) is 0 Å². The normalized spacial score (nSPS) is 17.4. The summed E-state index contributed by atoms with van der Waals surface area (Å²) in [6.07, 6.45) is 0. The Labute approximate surface area is 190 Å². The van der Waals surface area contributed by atoms with Crippen LogP contribution in [0, 0.1) is 0 Å². The van der Waals surface area contributed by atoms with Gasteiger partial charge in [0.15, 0.2) is 5.96 Å². The fraction of sp³-hybridized carbons (Fsp3) is 0.522. The summed E-state index contributed by atoms with van der Waals surface area (Å²) in [5.74, 6) is 1.68. The Hall–Kier alpha value is -2.13. The number of thiophene rings is 1. The van der Waals surface area contributed by atoms with Crippen molar-refractivity contribution in [2.45, 2.75) is 12.1 Å². The van der Waals surface area contributed by atoms with Gasteiger partial charge in [-0.2, -0.15) is 0 Å². The van der Waals surface area contributed by atoms with Gasteiger partial charge in [-0.05, 0) is 43.2 Å². The van der Waals surface area contributed by atoms with Crippen molar-refractivity contribution in [3.05, 3.63) is 52.2 Å². The second kappa shape index (κ2) is 12.0. The summed E-state index contributed by atoms with van der Waals surface area (Å²) < 4.78 is 11.0. The summed E-state index contributed by atoms with van der Waals surface area (Å²) in [5.41, 5.74) is 1.21. The van der Waals surface area contributed by atoms with Crippen molar-refractivity contribution in [2.75, 3.05) is 67.6 Å². The molecular formula is C23H35N5O2S. The summed E-state index contributed by atoms with van der Waals surface area (Å²) in [5, 5.41) is 9.19. The van der Waals surface area contributed by atoms with Gasteiger partial charge in [-0.25, -0.2) is 0 Å². The molecule has 170 valence electrons. The third-order valence-corrected chi connectivity index (χ3v) is 6.58. The fourth-order valence-electron chi connectivity index (χ4n) is 3.83. The van der Waals surface area contributed by atoms with E-state index in [0.717, 1.165) is 51.1 Å². The van der Waals surface area contributed by atoms with E-state index in [1.807, 2.05) is 19.2 Å². The number of hydrogen-bond donors (Lipinski definition) is 2. The van der Waals surface area contributed by atoms with E-state index < -0.39 is 0 Å². The van der Waals surface area contributed by atoms with E-state index in [9.17, 15) is 0 Å². The lowest BCUT2D eigenvalue weighted by Gasteiger charge is -2.34. The Morgan fingerprint density at radius 1 is 1.19 bits per heavy atom. The number of morpholine rings is 1. The van der Waals surface area contributed by atoms with Crippen LogP contribution in [0.2, 0.25) is 0 Å². The highest BCUT2D eigenvalue weighted by Gasteiger charge is 2.24. The van der Waals surface area contributed by atoms with Crippen LogP contribution in [0.1, 0.15) is 22.5 Å². The van der Waals surface area contributed by atoms with Crippen LogP contribution in [0.5, 0.6) is 5.75 Å². The molecule has 1 aliphatic heterocycles. The van der Waals surface area contributed by atoms with Crippen molar-refractivity contribution in [1.29, 1.82) is 0 Å². The topological polar surface area (TPSA) is 61.4 Å². The quantitative estimate of drug-likeness (QED) is 0.457. The molecule has 2 aromatic rings. The number of rotatable bonds is 9. The molecule has 1 aliphatic rings. The number of ether oxygens (including phenoxy) is 2. The van der Waals surface area contributed by atoms with Crippen LogP contribution in [0.15, 0.2) is 46.8 Å². The molecule has 0 aliphatic carbocycles. The number of hydrogen-bond acceptors (Lipinski definition) is 6. The first-order chi connectivity index (χ1) is 15.1. The van der Waals surface area contributed by atoms with E-state index in [-0.39, 0.29) is 6.04 Å². The highest BCUT2D eigenvalue weighted by atomic mass is 32.1. The molecule has 0 amide bonds. The summed E-state index contributed by atoms with van der Waals surface area (Å²) >= 11 is 1.81. The number of methoxy groups -OCH3 is 1. The van der Waals surface area contributed by atoms with Gasteiger partial charge in [-0.3, -0.25) is 9.89 Å². The highest BCUT2D eigenvalue weighted by molar-refractivity contribution is 7.10. The van der Waals surface area contributed by atoms with Gasteiger partial charge in [0.05, 0.1) is 32.4 Å². The number of nitrogens with one attached hydrogen (secondary N) is 2. The Morgan fingerprint density at radius 3 is 2.61 bits per heavy atom. The largest absolute Gasteiger partial charge is 0.497 e. The predicted molar refractivity (Wildman–Crippen MR) is 128 cm³/mol. The van der Waals surface area contributed by atoms with Crippen molar-refractivity contribution in [3.63, 3.8) is 0 Å². The molecule has 0 saturated carbocycles. The fourth-order valence-corrected chi connectivity index (χ4v) is 4.70. The number of benzene rings is 1. The molecule has 7 nitrogen and oxygen atoms in total. The van der Waals surface area contributed by atoms with Crippen LogP contribution < -0.4 is 15.4 Å². The summed E-state index contributed by atoms with van der Waals surface area (Å²) in [6.45, 7) is 5.02. The zero-order chi connectivity index (χ0) is 22.1. The molecule has 2 heterocycles. The van der Waals surface area contributed by atoms with Gasteiger partial charge in [0.1, 0.15) is 5.75 Å². The van der Waals surface area contributed by atoms with E-state index in [1.54, 1.807) is 18.4 Å². The smallest absolute Gasteiger partial charge is 0.191 e. The van der Waals surface area contributed by atoms with Crippen molar-refractivity contribution in [2.24, 2.45) is 4.99 Å². The molecule has 1 aromatic heterocycles. The summed E-state index contributed by atoms with van der Waals surface area (Å²) in [6, 6.07) is 13.1. The summed E-state index contributed by atoms with van der Waals surface area (Å²) in [7, 11) is 7.70. The molecule has 0 radical (unpaired) electrons. The lowest BCUT2D eigenvalue weighted by molar-refractivity contribution is 0.0177. The monoisotopic (exact) mass is 445 g/mol. The maximum Gasteiger partial charge on any atom is 0.191 e. The molecule has 2 unspecified atom stereocenters. The number of aliphatic imine (C=N–C) groups is 1. The Bertz CT molecular complexity index is 806. The zero-order valence-corrected chi connectivity index (χ0v) is 19.8. The lowest BCUT2D eigenvalue weighted by Crippen LogP contribution is -2.47. The third kappa shape index (κ3) is 6.67. The first-order valence-corrected chi connectivity index (χ1v) is 11.6. The van der Waals surface area contributed by atoms with E-state index >= 15 is 0 Å².